The van der Waals surface area contributed by atoms with Crippen molar-refractivity contribution in [1.82, 2.24) is 5.32 Å². The van der Waals surface area contributed by atoms with E-state index in [0.29, 0.717) is 5.41 Å². The molecule has 0 aliphatic heterocycles. The second-order valence-corrected chi connectivity index (χ2v) is 6.07. The molecule has 1 rings (SSSR count). The first-order chi connectivity index (χ1) is 6.96. The van der Waals surface area contributed by atoms with Crippen molar-refractivity contribution in [1.29, 1.82) is 0 Å². The summed E-state index contributed by atoms with van der Waals surface area (Å²) in [6.45, 7) is 13.3. The van der Waals surface area contributed by atoms with Crippen molar-refractivity contribution in [2.75, 3.05) is 13.6 Å². The number of hydrogen-bond acceptors (Lipinski definition) is 1. The largest absolute Gasteiger partial charge is 0.320 e. The lowest BCUT2D eigenvalue weighted by Crippen LogP contribution is -2.28. The lowest BCUT2D eigenvalue weighted by molar-refractivity contribution is 0.165. The minimum Gasteiger partial charge on any atom is -0.320 e. The van der Waals surface area contributed by atoms with E-state index in [1.54, 1.807) is 0 Å². The second kappa shape index (κ2) is 4.86. The first kappa shape index (κ1) is 13.0. The molecule has 0 spiro atoms. The van der Waals surface area contributed by atoms with Crippen LogP contribution in [0.15, 0.2) is 0 Å². The van der Waals surface area contributed by atoms with Gasteiger partial charge in [0.1, 0.15) is 0 Å². The van der Waals surface area contributed by atoms with Gasteiger partial charge in [0.2, 0.25) is 0 Å². The Labute approximate surface area is 96.0 Å². The maximum Gasteiger partial charge on any atom is -0.00492 e. The van der Waals surface area contributed by atoms with E-state index in [0.717, 1.165) is 30.2 Å². The molecule has 4 atom stereocenters. The van der Waals surface area contributed by atoms with Gasteiger partial charge in [-0.25, -0.2) is 0 Å². The standard InChI is InChI=1S/C14H29N/c1-7-12-11(3)13(12)14(4,5)10(2)8-9-15-6/h10-13,15H,7-9H2,1-6H3. The third-order valence-electron chi connectivity index (χ3n) is 4.99. The molecule has 0 aromatic rings. The minimum absolute atomic E-state index is 0.525. The Morgan fingerprint density at radius 3 is 2.33 bits per heavy atom. The Balaban J connectivity index is 2.51. The SMILES string of the molecule is CCC1C(C)C1C(C)(C)C(C)CCNC. The fraction of sp³-hybridized carbons (Fsp3) is 1.00. The van der Waals surface area contributed by atoms with Gasteiger partial charge in [0, 0.05) is 0 Å². The van der Waals surface area contributed by atoms with Gasteiger partial charge in [-0.05, 0) is 49.1 Å². The van der Waals surface area contributed by atoms with Crippen molar-refractivity contribution in [3.05, 3.63) is 0 Å². The molecule has 0 aromatic heterocycles. The summed E-state index contributed by atoms with van der Waals surface area (Å²) >= 11 is 0. The summed E-state index contributed by atoms with van der Waals surface area (Å²) in [5, 5.41) is 3.27. The molecule has 1 N–H and O–H groups in total. The number of hydrogen-bond donors (Lipinski definition) is 1. The molecular weight excluding hydrogens is 182 g/mol. The highest BCUT2D eigenvalue weighted by molar-refractivity contribution is 5.02. The van der Waals surface area contributed by atoms with E-state index in [1.165, 1.54) is 12.8 Å². The van der Waals surface area contributed by atoms with Gasteiger partial charge in [-0.1, -0.05) is 41.0 Å². The molecule has 1 nitrogen and oxygen atoms in total. The molecule has 4 unspecified atom stereocenters. The minimum atomic E-state index is 0.525. The summed E-state index contributed by atoms with van der Waals surface area (Å²) in [6.07, 6.45) is 2.68. The van der Waals surface area contributed by atoms with E-state index in [4.69, 9.17) is 0 Å². The molecule has 0 heterocycles. The summed E-state index contributed by atoms with van der Waals surface area (Å²) in [4.78, 5) is 0. The van der Waals surface area contributed by atoms with Crippen LogP contribution in [0.5, 0.6) is 0 Å². The summed E-state index contributed by atoms with van der Waals surface area (Å²) in [6, 6.07) is 0. The normalized spacial score (nSPS) is 32.8. The molecule has 0 bridgehead atoms. The van der Waals surface area contributed by atoms with Gasteiger partial charge in [-0.3, -0.25) is 0 Å². The fourth-order valence-corrected chi connectivity index (χ4v) is 3.46. The lowest BCUT2D eigenvalue weighted by atomic mass is 9.73. The van der Waals surface area contributed by atoms with Gasteiger partial charge in [0.05, 0.1) is 0 Å². The van der Waals surface area contributed by atoms with Crippen LogP contribution in [0.1, 0.15) is 47.5 Å². The zero-order valence-electron chi connectivity index (χ0n) is 11.4. The molecule has 90 valence electrons. The zero-order chi connectivity index (χ0) is 11.6. The Kier molecular flexibility index (Phi) is 4.22. The third kappa shape index (κ3) is 2.55. The van der Waals surface area contributed by atoms with Crippen LogP contribution < -0.4 is 5.32 Å². The van der Waals surface area contributed by atoms with Crippen molar-refractivity contribution in [3.8, 4) is 0 Å². The highest BCUT2D eigenvalue weighted by Gasteiger charge is 2.54. The quantitative estimate of drug-likeness (QED) is 0.708. The van der Waals surface area contributed by atoms with E-state index in [9.17, 15) is 0 Å². The first-order valence-corrected chi connectivity index (χ1v) is 6.61. The molecule has 1 aliphatic rings. The van der Waals surface area contributed by atoms with E-state index >= 15 is 0 Å². The molecule has 0 radical (unpaired) electrons. The Hall–Kier alpha value is -0.0400. The summed E-state index contributed by atoms with van der Waals surface area (Å²) in [7, 11) is 2.05. The zero-order valence-corrected chi connectivity index (χ0v) is 11.4. The Bertz CT molecular complexity index is 198. The monoisotopic (exact) mass is 211 g/mol. The first-order valence-electron chi connectivity index (χ1n) is 6.61. The van der Waals surface area contributed by atoms with Crippen LogP contribution in [-0.2, 0) is 0 Å². The number of rotatable bonds is 6. The van der Waals surface area contributed by atoms with Gasteiger partial charge >= 0.3 is 0 Å². The van der Waals surface area contributed by atoms with Crippen molar-refractivity contribution in [2.45, 2.75) is 47.5 Å². The molecule has 1 aliphatic carbocycles. The Morgan fingerprint density at radius 1 is 1.33 bits per heavy atom. The van der Waals surface area contributed by atoms with E-state index < -0.39 is 0 Å². The molecule has 1 heteroatoms. The molecular formula is C14H29N. The average molecular weight is 211 g/mol. The van der Waals surface area contributed by atoms with E-state index in [2.05, 4.69) is 39.9 Å². The average Bonchev–Trinajstić information content (AvgIpc) is 2.86. The van der Waals surface area contributed by atoms with E-state index in [1.807, 2.05) is 7.05 Å². The molecule has 15 heavy (non-hydrogen) atoms. The molecule has 0 aromatic carbocycles. The van der Waals surface area contributed by atoms with Gasteiger partial charge in [-0.15, -0.1) is 0 Å². The molecule has 1 fully saturated rings. The van der Waals surface area contributed by atoms with Gasteiger partial charge in [0.15, 0.2) is 0 Å². The summed E-state index contributed by atoms with van der Waals surface area (Å²) in [5.74, 6) is 3.75. The Morgan fingerprint density at radius 2 is 1.93 bits per heavy atom. The number of nitrogens with one attached hydrogen (secondary N) is 1. The predicted octanol–water partition coefficient (Wildman–Crippen LogP) is 3.55. The van der Waals surface area contributed by atoms with E-state index in [-0.39, 0.29) is 0 Å². The topological polar surface area (TPSA) is 12.0 Å². The highest BCUT2D eigenvalue weighted by atomic mass is 14.8. The van der Waals surface area contributed by atoms with Crippen molar-refractivity contribution in [2.24, 2.45) is 29.1 Å². The molecule has 0 amide bonds. The molecule has 0 saturated heterocycles. The fourth-order valence-electron chi connectivity index (χ4n) is 3.46. The van der Waals surface area contributed by atoms with Crippen LogP contribution in [0.25, 0.3) is 0 Å². The van der Waals surface area contributed by atoms with Crippen LogP contribution in [0, 0.1) is 29.1 Å². The van der Waals surface area contributed by atoms with Crippen molar-refractivity contribution in [3.63, 3.8) is 0 Å². The maximum atomic E-state index is 3.27. The van der Waals surface area contributed by atoms with Crippen molar-refractivity contribution < 1.29 is 0 Å². The predicted molar refractivity (Wildman–Crippen MR) is 67.9 cm³/mol. The van der Waals surface area contributed by atoms with Gasteiger partial charge in [0.25, 0.3) is 0 Å². The van der Waals surface area contributed by atoms with Crippen LogP contribution in [0.3, 0.4) is 0 Å². The second-order valence-electron chi connectivity index (χ2n) is 6.07. The molecule has 1 saturated carbocycles. The third-order valence-corrected chi connectivity index (χ3v) is 4.99. The summed E-state index contributed by atoms with van der Waals surface area (Å²) in [5.41, 5.74) is 0.525. The van der Waals surface area contributed by atoms with Crippen molar-refractivity contribution >= 4 is 0 Å². The highest BCUT2D eigenvalue weighted by Crippen LogP contribution is 2.60. The van der Waals surface area contributed by atoms with Crippen LogP contribution in [0.4, 0.5) is 0 Å². The summed E-state index contributed by atoms with van der Waals surface area (Å²) < 4.78 is 0. The lowest BCUT2D eigenvalue weighted by Gasteiger charge is -2.33. The smallest absolute Gasteiger partial charge is 0.00492 e. The van der Waals surface area contributed by atoms with Crippen LogP contribution in [-0.4, -0.2) is 13.6 Å². The van der Waals surface area contributed by atoms with Gasteiger partial charge in [-0.2, -0.15) is 0 Å². The van der Waals surface area contributed by atoms with Crippen LogP contribution in [0.2, 0.25) is 0 Å². The van der Waals surface area contributed by atoms with Crippen LogP contribution >= 0.6 is 0 Å². The maximum absolute atomic E-state index is 3.27. The van der Waals surface area contributed by atoms with Gasteiger partial charge < -0.3 is 5.32 Å².